The van der Waals surface area contributed by atoms with E-state index in [4.69, 9.17) is 5.26 Å². The van der Waals surface area contributed by atoms with Crippen molar-refractivity contribution in [2.24, 2.45) is 0 Å². The van der Waals surface area contributed by atoms with E-state index in [9.17, 15) is 9.59 Å². The largest absolute Gasteiger partial charge is 0.366 e. The van der Waals surface area contributed by atoms with Gasteiger partial charge in [-0.25, -0.2) is 4.98 Å². The van der Waals surface area contributed by atoms with Gasteiger partial charge in [0.15, 0.2) is 0 Å². The average molecular weight is 298 g/mol. The first-order chi connectivity index (χ1) is 10.7. The van der Waals surface area contributed by atoms with Gasteiger partial charge < -0.3 is 5.32 Å². The van der Waals surface area contributed by atoms with E-state index in [1.54, 1.807) is 18.3 Å². The molecule has 0 radical (unpaired) electrons. The van der Waals surface area contributed by atoms with Gasteiger partial charge >= 0.3 is 0 Å². The fourth-order valence-electron chi connectivity index (χ4n) is 3.28. The van der Waals surface area contributed by atoms with Crippen molar-refractivity contribution in [1.29, 1.82) is 5.26 Å². The second-order valence-electron chi connectivity index (χ2n) is 5.82. The zero-order valence-corrected chi connectivity index (χ0v) is 12.3. The number of likely N-dealkylation sites (tertiary alicyclic amines) is 1. The number of carbonyl (C=O) groups excluding carboxylic acids is 2. The number of carbonyl (C=O) groups is 2. The number of hydrogen-bond donors (Lipinski definition) is 1. The van der Waals surface area contributed by atoms with Gasteiger partial charge in [-0.05, 0) is 37.8 Å². The Morgan fingerprint density at radius 3 is 2.50 bits per heavy atom. The molecule has 22 heavy (non-hydrogen) atoms. The third kappa shape index (κ3) is 2.80. The number of nitriles is 1. The van der Waals surface area contributed by atoms with Crippen LogP contribution in [-0.4, -0.2) is 33.8 Å². The van der Waals surface area contributed by atoms with Gasteiger partial charge in [-0.2, -0.15) is 5.26 Å². The van der Waals surface area contributed by atoms with Crippen LogP contribution in [0.5, 0.6) is 0 Å². The highest BCUT2D eigenvalue weighted by molar-refractivity contribution is 6.02. The summed E-state index contributed by atoms with van der Waals surface area (Å²) in [5, 5.41) is 12.4. The summed E-state index contributed by atoms with van der Waals surface area (Å²) in [5.74, 6) is 0.553. The minimum Gasteiger partial charge on any atom is -0.366 e. The van der Waals surface area contributed by atoms with E-state index in [0.717, 1.165) is 25.7 Å². The molecule has 6 nitrogen and oxygen atoms in total. The number of nitrogens with one attached hydrogen (secondary N) is 1. The fourth-order valence-corrected chi connectivity index (χ4v) is 3.28. The number of anilines is 1. The molecule has 2 heterocycles. The first-order valence-corrected chi connectivity index (χ1v) is 7.65. The van der Waals surface area contributed by atoms with Crippen molar-refractivity contribution in [2.75, 3.05) is 5.32 Å². The Labute approximate surface area is 129 Å². The van der Waals surface area contributed by atoms with Gasteiger partial charge in [-0.3, -0.25) is 14.5 Å². The van der Waals surface area contributed by atoms with Crippen LogP contribution in [-0.2, 0) is 9.59 Å². The highest BCUT2D eigenvalue weighted by Crippen LogP contribution is 2.29. The predicted molar refractivity (Wildman–Crippen MR) is 79.7 cm³/mol. The zero-order chi connectivity index (χ0) is 15.5. The maximum absolute atomic E-state index is 11.8. The molecule has 1 N–H and O–H groups in total. The van der Waals surface area contributed by atoms with Gasteiger partial charge in [-0.1, -0.05) is 0 Å². The quantitative estimate of drug-likeness (QED) is 0.860. The fraction of sp³-hybridized carbons (Fsp3) is 0.500. The molecule has 2 aliphatic rings. The Morgan fingerprint density at radius 2 is 1.86 bits per heavy atom. The smallest absolute Gasteiger partial charge is 0.229 e. The third-order valence-electron chi connectivity index (χ3n) is 4.42. The zero-order valence-electron chi connectivity index (χ0n) is 12.3. The van der Waals surface area contributed by atoms with Gasteiger partial charge in [-0.15, -0.1) is 0 Å². The maximum atomic E-state index is 11.8. The average Bonchev–Trinajstić information content (AvgIpc) is 2.88. The van der Waals surface area contributed by atoms with Crippen molar-refractivity contribution in [1.82, 2.24) is 9.88 Å². The molecule has 1 aliphatic carbocycles. The summed E-state index contributed by atoms with van der Waals surface area (Å²) in [6, 6.07) is 5.88. The highest BCUT2D eigenvalue weighted by Gasteiger charge is 2.36. The summed E-state index contributed by atoms with van der Waals surface area (Å²) in [6.45, 7) is 0. The van der Waals surface area contributed by atoms with E-state index in [1.165, 1.54) is 4.90 Å². The van der Waals surface area contributed by atoms with Crippen LogP contribution in [0.15, 0.2) is 18.3 Å². The van der Waals surface area contributed by atoms with Crippen LogP contribution in [0, 0.1) is 11.3 Å². The molecule has 1 aromatic heterocycles. The van der Waals surface area contributed by atoms with Gasteiger partial charge in [0.2, 0.25) is 11.8 Å². The SMILES string of the molecule is N#Cc1cccnc1NC1CCC(N2C(=O)CCC2=O)CC1. The summed E-state index contributed by atoms with van der Waals surface area (Å²) >= 11 is 0. The lowest BCUT2D eigenvalue weighted by Gasteiger charge is -2.34. The van der Waals surface area contributed by atoms with Crippen LogP contribution in [0.3, 0.4) is 0 Å². The molecule has 2 fully saturated rings. The first-order valence-electron chi connectivity index (χ1n) is 7.65. The van der Waals surface area contributed by atoms with Crippen molar-refractivity contribution in [2.45, 2.75) is 50.6 Å². The topological polar surface area (TPSA) is 86.1 Å². The molecule has 2 amide bonds. The van der Waals surface area contributed by atoms with Crippen molar-refractivity contribution >= 4 is 17.6 Å². The molecule has 1 aliphatic heterocycles. The van der Waals surface area contributed by atoms with E-state index < -0.39 is 0 Å². The number of amides is 2. The summed E-state index contributed by atoms with van der Waals surface area (Å²) in [5.41, 5.74) is 0.537. The summed E-state index contributed by atoms with van der Waals surface area (Å²) in [4.78, 5) is 29.2. The van der Waals surface area contributed by atoms with E-state index in [1.807, 2.05) is 0 Å². The molecule has 0 unspecified atom stereocenters. The second kappa shape index (κ2) is 6.14. The summed E-state index contributed by atoms with van der Waals surface area (Å²) < 4.78 is 0. The van der Waals surface area contributed by atoms with Crippen molar-refractivity contribution < 1.29 is 9.59 Å². The number of hydrogen-bond acceptors (Lipinski definition) is 5. The molecule has 0 atom stereocenters. The van der Waals surface area contributed by atoms with Gasteiger partial charge in [0, 0.05) is 31.1 Å². The molecular weight excluding hydrogens is 280 g/mol. The molecule has 0 spiro atoms. The van der Waals surface area contributed by atoms with Crippen LogP contribution in [0.4, 0.5) is 5.82 Å². The predicted octanol–water partition coefficient (Wildman–Crippen LogP) is 1.83. The molecule has 1 aromatic rings. The Hall–Kier alpha value is -2.42. The molecular formula is C16H18N4O2. The molecule has 1 saturated carbocycles. The summed E-state index contributed by atoms with van der Waals surface area (Å²) in [7, 11) is 0. The van der Waals surface area contributed by atoms with E-state index in [2.05, 4.69) is 16.4 Å². The van der Waals surface area contributed by atoms with Crippen molar-refractivity contribution in [3.05, 3.63) is 23.9 Å². The van der Waals surface area contributed by atoms with Crippen LogP contribution in [0.1, 0.15) is 44.1 Å². The Morgan fingerprint density at radius 1 is 1.18 bits per heavy atom. The molecule has 114 valence electrons. The standard InChI is InChI=1S/C16H18N4O2/c17-10-11-2-1-9-18-16(11)19-12-3-5-13(6-4-12)20-14(21)7-8-15(20)22/h1-2,9,12-13H,3-8H2,(H,18,19). The van der Waals surface area contributed by atoms with Crippen molar-refractivity contribution in [3.8, 4) is 6.07 Å². The van der Waals surface area contributed by atoms with Crippen LogP contribution in [0.2, 0.25) is 0 Å². The maximum Gasteiger partial charge on any atom is 0.229 e. The highest BCUT2D eigenvalue weighted by atomic mass is 16.2. The van der Waals surface area contributed by atoms with Gasteiger partial charge in [0.05, 0.1) is 5.56 Å². The number of nitrogens with zero attached hydrogens (tertiary/aromatic N) is 3. The minimum atomic E-state index is -0.0297. The van der Waals surface area contributed by atoms with E-state index in [0.29, 0.717) is 24.2 Å². The molecule has 0 aromatic carbocycles. The van der Waals surface area contributed by atoms with Gasteiger partial charge in [0.1, 0.15) is 11.9 Å². The number of pyridine rings is 1. The Bertz CT molecular complexity index is 613. The van der Waals surface area contributed by atoms with Crippen molar-refractivity contribution in [3.63, 3.8) is 0 Å². The van der Waals surface area contributed by atoms with E-state index >= 15 is 0 Å². The Balaban J connectivity index is 1.59. The monoisotopic (exact) mass is 298 g/mol. The first kappa shape index (κ1) is 14.5. The number of rotatable bonds is 3. The molecule has 1 saturated heterocycles. The number of imide groups is 1. The lowest BCUT2D eigenvalue weighted by Crippen LogP contribution is -2.43. The van der Waals surface area contributed by atoms with Crippen LogP contribution < -0.4 is 5.32 Å². The summed E-state index contributed by atoms with van der Waals surface area (Å²) in [6.07, 6.45) is 5.73. The second-order valence-corrected chi connectivity index (χ2v) is 5.82. The van der Waals surface area contributed by atoms with Crippen LogP contribution in [0.25, 0.3) is 0 Å². The Kier molecular flexibility index (Phi) is 4.05. The normalized spacial score (nSPS) is 25.1. The minimum absolute atomic E-state index is 0.0297. The lowest BCUT2D eigenvalue weighted by molar-refractivity contribution is -0.141. The molecule has 3 rings (SSSR count). The molecule has 6 heteroatoms. The third-order valence-corrected chi connectivity index (χ3v) is 4.42. The van der Waals surface area contributed by atoms with E-state index in [-0.39, 0.29) is 23.9 Å². The van der Waals surface area contributed by atoms with Crippen LogP contribution >= 0.6 is 0 Å². The van der Waals surface area contributed by atoms with Gasteiger partial charge in [0.25, 0.3) is 0 Å². The lowest BCUT2D eigenvalue weighted by atomic mass is 9.90. The number of aromatic nitrogens is 1. The molecule has 0 bridgehead atoms.